The normalized spacial score (nSPS) is 16.6. The molecule has 4 rings (SSSR count). The Balaban J connectivity index is 1.60. The number of fused-ring (bicyclic) bond motifs is 1. The van der Waals surface area contributed by atoms with Gasteiger partial charge in [-0.25, -0.2) is 13.8 Å². The summed E-state index contributed by atoms with van der Waals surface area (Å²) in [6.07, 6.45) is 6.52. The minimum Gasteiger partial charge on any atom is -0.347 e. The van der Waals surface area contributed by atoms with E-state index in [1.165, 1.54) is 6.07 Å². The second-order valence-corrected chi connectivity index (χ2v) is 7.37. The number of imidazole rings is 1. The minimum atomic E-state index is -0.861. The third-order valence-corrected chi connectivity index (χ3v) is 5.41. The van der Waals surface area contributed by atoms with E-state index in [1.807, 2.05) is 0 Å². The predicted octanol–water partition coefficient (Wildman–Crippen LogP) is 3.42. The molecule has 1 aliphatic heterocycles. The van der Waals surface area contributed by atoms with Gasteiger partial charge in [0, 0.05) is 18.7 Å². The second kappa shape index (κ2) is 7.69. The zero-order chi connectivity index (χ0) is 19.7. The lowest BCUT2D eigenvalue weighted by Crippen LogP contribution is -2.35. The van der Waals surface area contributed by atoms with Gasteiger partial charge >= 0.3 is 0 Å². The highest BCUT2D eigenvalue weighted by Gasteiger charge is 2.29. The molecule has 0 radical (unpaired) electrons. The zero-order valence-electron chi connectivity index (χ0n) is 15.4. The van der Waals surface area contributed by atoms with Gasteiger partial charge in [0.05, 0.1) is 11.4 Å². The van der Waals surface area contributed by atoms with Crippen molar-refractivity contribution in [2.75, 3.05) is 5.32 Å². The van der Waals surface area contributed by atoms with Crippen molar-refractivity contribution >= 4 is 17.5 Å². The Kier molecular flexibility index (Phi) is 5.11. The van der Waals surface area contributed by atoms with Gasteiger partial charge in [-0.1, -0.05) is 12.8 Å². The van der Waals surface area contributed by atoms with Gasteiger partial charge in [-0.05, 0) is 44.2 Å². The summed E-state index contributed by atoms with van der Waals surface area (Å²) in [5, 5.41) is 5.45. The lowest BCUT2D eigenvalue weighted by Gasteiger charge is -2.18. The molecule has 2 aliphatic rings. The van der Waals surface area contributed by atoms with Crippen LogP contribution in [-0.4, -0.2) is 27.4 Å². The SMILES string of the molecule is O=C(Nc1ccc(F)cc1F)c1nc(C(=O)NC2CCCC2)n2c1CCCC2. The van der Waals surface area contributed by atoms with Gasteiger partial charge in [0.1, 0.15) is 11.6 Å². The van der Waals surface area contributed by atoms with Gasteiger partial charge in [0.15, 0.2) is 11.5 Å². The number of hydrogen-bond acceptors (Lipinski definition) is 3. The standard InChI is InChI=1S/C20H22F2N4O2/c21-12-8-9-15(14(22)11-12)24-19(27)17-16-7-3-4-10-26(16)18(25-17)20(28)23-13-5-1-2-6-13/h8-9,11,13H,1-7,10H2,(H,23,28)(H,24,27). The van der Waals surface area contributed by atoms with E-state index < -0.39 is 17.5 Å². The van der Waals surface area contributed by atoms with Crippen LogP contribution < -0.4 is 10.6 Å². The quantitative estimate of drug-likeness (QED) is 0.843. The number of amides is 2. The van der Waals surface area contributed by atoms with Crippen LogP contribution in [0.3, 0.4) is 0 Å². The summed E-state index contributed by atoms with van der Waals surface area (Å²) in [6.45, 7) is 0.619. The third-order valence-electron chi connectivity index (χ3n) is 5.41. The molecule has 2 heterocycles. The number of nitrogens with zero attached hydrogens (tertiary/aromatic N) is 2. The van der Waals surface area contributed by atoms with Crippen LogP contribution in [0.1, 0.15) is 65.3 Å². The fourth-order valence-corrected chi connectivity index (χ4v) is 3.99. The molecule has 1 aromatic carbocycles. The van der Waals surface area contributed by atoms with Gasteiger partial charge in [0.2, 0.25) is 0 Å². The predicted molar refractivity (Wildman–Crippen MR) is 99.2 cm³/mol. The maximum absolute atomic E-state index is 13.9. The molecule has 8 heteroatoms. The maximum atomic E-state index is 13.9. The molecule has 0 bridgehead atoms. The molecule has 0 spiro atoms. The van der Waals surface area contributed by atoms with Crippen LogP contribution in [0.5, 0.6) is 0 Å². The summed E-state index contributed by atoms with van der Waals surface area (Å²) < 4.78 is 28.8. The van der Waals surface area contributed by atoms with Crippen molar-refractivity contribution < 1.29 is 18.4 Å². The molecule has 1 fully saturated rings. The van der Waals surface area contributed by atoms with Crippen LogP contribution >= 0.6 is 0 Å². The van der Waals surface area contributed by atoms with E-state index in [0.29, 0.717) is 24.7 Å². The highest BCUT2D eigenvalue weighted by molar-refractivity contribution is 6.05. The number of hydrogen-bond donors (Lipinski definition) is 2. The lowest BCUT2D eigenvalue weighted by atomic mass is 10.1. The van der Waals surface area contributed by atoms with E-state index in [1.54, 1.807) is 4.57 Å². The van der Waals surface area contributed by atoms with Crippen LogP contribution in [0.2, 0.25) is 0 Å². The number of nitrogens with one attached hydrogen (secondary N) is 2. The molecule has 1 aromatic heterocycles. The smallest absolute Gasteiger partial charge is 0.287 e. The number of carbonyl (C=O) groups is 2. The average molecular weight is 388 g/mol. The first-order valence-corrected chi connectivity index (χ1v) is 9.69. The van der Waals surface area contributed by atoms with Gasteiger partial charge in [-0.15, -0.1) is 0 Å². The van der Waals surface area contributed by atoms with Crippen LogP contribution in [0.15, 0.2) is 18.2 Å². The fraction of sp³-hybridized carbons (Fsp3) is 0.450. The molecule has 148 valence electrons. The van der Waals surface area contributed by atoms with Crippen molar-refractivity contribution in [2.45, 2.75) is 57.5 Å². The number of benzene rings is 1. The monoisotopic (exact) mass is 388 g/mol. The Morgan fingerprint density at radius 2 is 1.86 bits per heavy atom. The highest BCUT2D eigenvalue weighted by atomic mass is 19.1. The van der Waals surface area contributed by atoms with E-state index in [2.05, 4.69) is 15.6 Å². The summed E-state index contributed by atoms with van der Waals surface area (Å²) >= 11 is 0. The van der Waals surface area contributed by atoms with Crippen LogP contribution in [-0.2, 0) is 13.0 Å². The highest BCUT2D eigenvalue weighted by Crippen LogP contribution is 2.24. The van der Waals surface area contributed by atoms with Crippen molar-refractivity contribution in [1.29, 1.82) is 0 Å². The molecule has 28 heavy (non-hydrogen) atoms. The van der Waals surface area contributed by atoms with E-state index in [4.69, 9.17) is 0 Å². The first kappa shape index (κ1) is 18.6. The molecular weight excluding hydrogens is 366 g/mol. The molecule has 2 N–H and O–H groups in total. The molecule has 0 atom stereocenters. The van der Waals surface area contributed by atoms with Crippen molar-refractivity contribution in [1.82, 2.24) is 14.9 Å². The van der Waals surface area contributed by atoms with Crippen LogP contribution in [0.25, 0.3) is 0 Å². The molecular formula is C20H22F2N4O2. The van der Waals surface area contributed by atoms with Crippen molar-refractivity contribution in [3.05, 3.63) is 47.0 Å². The topological polar surface area (TPSA) is 76.0 Å². The van der Waals surface area contributed by atoms with Crippen LogP contribution in [0.4, 0.5) is 14.5 Å². The van der Waals surface area contributed by atoms with Gasteiger partial charge < -0.3 is 15.2 Å². The van der Waals surface area contributed by atoms with E-state index >= 15 is 0 Å². The number of rotatable bonds is 4. The molecule has 0 saturated heterocycles. The Bertz CT molecular complexity index is 919. The number of aromatic nitrogens is 2. The second-order valence-electron chi connectivity index (χ2n) is 7.37. The summed E-state index contributed by atoms with van der Waals surface area (Å²) in [5.41, 5.74) is 0.684. The molecule has 6 nitrogen and oxygen atoms in total. The summed E-state index contributed by atoms with van der Waals surface area (Å²) in [5.74, 6) is -2.23. The lowest BCUT2D eigenvalue weighted by molar-refractivity contribution is 0.0921. The Hall–Kier alpha value is -2.77. The zero-order valence-corrected chi connectivity index (χ0v) is 15.4. The maximum Gasteiger partial charge on any atom is 0.287 e. The fourth-order valence-electron chi connectivity index (χ4n) is 3.99. The first-order valence-electron chi connectivity index (χ1n) is 9.69. The van der Waals surface area contributed by atoms with E-state index in [9.17, 15) is 18.4 Å². The number of anilines is 1. The average Bonchev–Trinajstić information content (AvgIpc) is 3.31. The third kappa shape index (κ3) is 3.63. The molecule has 1 saturated carbocycles. The van der Waals surface area contributed by atoms with Gasteiger partial charge in [-0.3, -0.25) is 9.59 Å². The molecule has 1 aliphatic carbocycles. The van der Waals surface area contributed by atoms with Gasteiger partial charge in [-0.2, -0.15) is 0 Å². The van der Waals surface area contributed by atoms with Crippen molar-refractivity contribution in [2.24, 2.45) is 0 Å². The van der Waals surface area contributed by atoms with Crippen molar-refractivity contribution in [3.8, 4) is 0 Å². The Morgan fingerprint density at radius 3 is 2.61 bits per heavy atom. The van der Waals surface area contributed by atoms with E-state index in [0.717, 1.165) is 44.6 Å². The summed E-state index contributed by atoms with van der Waals surface area (Å²) in [4.78, 5) is 29.8. The van der Waals surface area contributed by atoms with Crippen molar-refractivity contribution in [3.63, 3.8) is 0 Å². The molecule has 2 aromatic rings. The minimum absolute atomic E-state index is 0.124. The Morgan fingerprint density at radius 1 is 1.07 bits per heavy atom. The number of carbonyl (C=O) groups excluding carboxylic acids is 2. The van der Waals surface area contributed by atoms with Crippen LogP contribution in [0, 0.1) is 11.6 Å². The summed E-state index contributed by atoms with van der Waals surface area (Å²) in [6, 6.07) is 3.09. The summed E-state index contributed by atoms with van der Waals surface area (Å²) in [7, 11) is 0. The first-order chi connectivity index (χ1) is 13.5. The molecule has 2 amide bonds. The molecule has 0 unspecified atom stereocenters. The number of halogens is 2. The largest absolute Gasteiger partial charge is 0.347 e. The van der Waals surface area contributed by atoms with E-state index in [-0.39, 0.29) is 29.2 Å². The van der Waals surface area contributed by atoms with Gasteiger partial charge in [0.25, 0.3) is 11.8 Å². The Labute approximate surface area is 161 Å².